The van der Waals surface area contributed by atoms with Crippen molar-refractivity contribution >= 4 is 136 Å². The SMILES string of the molecule is C=CCNC(=O)Oc1ccc(C[C@H](NC(=O)c2ccccc2Cl)C(=O)O)cc1.CC(C)NC(=O)Oc1ccc(C[C@H](NC(=O)c2ccccc2Cl)C(=O)O)cc1.CCOC(=O)c1ccc(NC(=O)Oc2ccc(C[C@H](NC(=O)c3ccccc3Cl)C(=O)O)cc2)cc1.Cc1ccc(NC(=O)Oc2ccc(C[C@H](NC(=O)c3ccccc3Cl)C(=O)O)cc2)cc1. The standard InChI is InChI=1S/C26H23ClN2O7.C24H21ClN2O5.C20H21ClN2O5.C20H19ClN2O5/c1-2-35-25(33)17-9-11-18(12-10-17)28-26(34)36-19-13-7-16(8-14-19)15-22(24(31)32)29-23(30)20-5-3-4-6-21(20)27;1-15-6-10-17(11-7-15)26-24(31)32-18-12-8-16(9-13-18)14-21(23(29)30)27-22(28)19-4-2-3-5-20(19)25;1-12(2)22-20(27)28-14-9-7-13(8-10-14)11-17(19(25)26)23-18(24)15-5-3-4-6-16(15)21;1-2-11-22-20(27)28-14-9-7-13(8-10-14)12-17(19(25)26)23-18(24)15-5-3-4-6-16(15)21/h3-14,22H,2,15H2,1H3,(H,28,34)(H,29,30)(H,31,32);2-13,21H,14H2,1H3,(H,26,31)(H,27,28)(H,29,30);3-10,12,17H,11H2,1-2H3,(H,22,27)(H,23,24)(H,25,26);2-10,17H,1,11-12H2,(H,22,27)(H,23,24)(H,25,26)/t22-;21-;2*17-/m0000/s1. The van der Waals surface area contributed by atoms with Crippen LogP contribution in [0.1, 0.15) is 100 Å². The normalized spacial score (nSPS) is 11.3. The Labute approximate surface area is 731 Å². The van der Waals surface area contributed by atoms with E-state index in [-0.39, 0.29) is 93.0 Å². The van der Waals surface area contributed by atoms with E-state index in [0.29, 0.717) is 56.4 Å². The average molecular weight is 1770 g/mol. The fraction of sp³-hybridized carbons (Fsp3) is 0.167. The maximum absolute atomic E-state index is 12.4. The van der Waals surface area contributed by atoms with Crippen molar-refractivity contribution in [3.8, 4) is 23.0 Å². The van der Waals surface area contributed by atoms with Gasteiger partial charge in [0.25, 0.3) is 23.6 Å². The van der Waals surface area contributed by atoms with Gasteiger partial charge >= 0.3 is 54.2 Å². The van der Waals surface area contributed by atoms with Crippen molar-refractivity contribution in [3.63, 3.8) is 0 Å². The molecule has 12 N–H and O–H groups in total. The number of carboxylic acids is 4. The number of amides is 8. The lowest BCUT2D eigenvalue weighted by atomic mass is 10.1. The second-order valence-corrected chi connectivity index (χ2v) is 28.3. The molecule has 0 spiro atoms. The number of aliphatic carboxylic acids is 4. The fourth-order valence-electron chi connectivity index (χ4n) is 10.8. The quantitative estimate of drug-likeness (QED) is 0.0142. The van der Waals surface area contributed by atoms with Gasteiger partial charge < -0.3 is 76.0 Å². The number of benzene rings is 10. The molecule has 0 heterocycles. The number of hydrogen-bond donors (Lipinski definition) is 12. The van der Waals surface area contributed by atoms with Gasteiger partial charge in [-0.1, -0.05) is 167 Å². The summed E-state index contributed by atoms with van der Waals surface area (Å²) in [6.45, 7) is 11.3. The molecule has 30 nitrogen and oxygen atoms in total. The van der Waals surface area contributed by atoms with Crippen molar-refractivity contribution in [1.29, 1.82) is 0 Å². The Bertz CT molecular complexity index is 5400. The van der Waals surface area contributed by atoms with Crippen molar-refractivity contribution in [1.82, 2.24) is 31.9 Å². The van der Waals surface area contributed by atoms with E-state index in [1.807, 2.05) is 32.9 Å². The molecule has 0 aliphatic rings. The first-order valence-corrected chi connectivity index (χ1v) is 39.1. The van der Waals surface area contributed by atoms with Gasteiger partial charge in [0.1, 0.15) is 47.2 Å². The van der Waals surface area contributed by atoms with Gasteiger partial charge in [0.2, 0.25) is 0 Å². The zero-order valence-electron chi connectivity index (χ0n) is 66.7. The molecule has 0 unspecified atom stereocenters. The predicted molar refractivity (Wildman–Crippen MR) is 463 cm³/mol. The summed E-state index contributed by atoms with van der Waals surface area (Å²) in [7, 11) is 0. The van der Waals surface area contributed by atoms with Gasteiger partial charge in [0, 0.05) is 49.6 Å². The lowest BCUT2D eigenvalue weighted by Crippen LogP contribution is -2.42. The van der Waals surface area contributed by atoms with Crippen molar-refractivity contribution in [2.45, 2.75) is 83.6 Å². The van der Waals surface area contributed by atoms with Crippen LogP contribution in [0.2, 0.25) is 20.1 Å². The van der Waals surface area contributed by atoms with E-state index in [0.717, 1.165) is 5.56 Å². The van der Waals surface area contributed by atoms with E-state index < -0.39 is 102 Å². The Kier molecular flexibility index (Phi) is 38.3. The smallest absolute Gasteiger partial charge is 0.417 e. The Morgan fingerprint density at radius 3 is 0.879 bits per heavy atom. The minimum Gasteiger partial charge on any atom is -0.480 e. The molecule has 10 rings (SSSR count). The van der Waals surface area contributed by atoms with Gasteiger partial charge in [-0.05, 0) is 183 Å². The first kappa shape index (κ1) is 96.5. The summed E-state index contributed by atoms with van der Waals surface area (Å²) in [5.74, 6) is -6.34. The van der Waals surface area contributed by atoms with E-state index in [4.69, 9.17) is 70.1 Å². The van der Waals surface area contributed by atoms with Gasteiger partial charge in [-0.25, -0.2) is 43.2 Å². The number of aryl methyl sites for hydroxylation is 1. The number of carboxylic acid groups (broad SMARTS) is 4. The van der Waals surface area contributed by atoms with E-state index >= 15 is 0 Å². The molecule has 0 saturated heterocycles. The first-order chi connectivity index (χ1) is 59.2. The van der Waals surface area contributed by atoms with Crippen molar-refractivity contribution in [2.75, 3.05) is 23.8 Å². The molecule has 124 heavy (non-hydrogen) atoms. The molecule has 8 amide bonds. The predicted octanol–water partition coefficient (Wildman–Crippen LogP) is 15.5. The van der Waals surface area contributed by atoms with Gasteiger partial charge in [0.05, 0.1) is 54.5 Å². The Balaban J connectivity index is 0.000000228. The Hall–Kier alpha value is -14.6. The molecule has 0 fully saturated rings. The van der Waals surface area contributed by atoms with Crippen LogP contribution in [0.4, 0.5) is 30.6 Å². The van der Waals surface area contributed by atoms with Crippen molar-refractivity contribution < 1.29 is 106 Å². The minimum atomic E-state index is -1.20. The van der Waals surface area contributed by atoms with Crippen molar-refractivity contribution in [2.24, 2.45) is 0 Å². The largest absolute Gasteiger partial charge is 0.480 e. The lowest BCUT2D eigenvalue weighted by Gasteiger charge is -2.15. The number of rotatable bonds is 31. The summed E-state index contributed by atoms with van der Waals surface area (Å²) in [4.78, 5) is 155. The van der Waals surface area contributed by atoms with Crippen LogP contribution in [-0.4, -0.2) is 142 Å². The summed E-state index contributed by atoms with van der Waals surface area (Å²) in [6.07, 6.45) is -0.905. The molecular weight excluding hydrogens is 1690 g/mol. The van der Waals surface area contributed by atoms with E-state index in [1.54, 1.807) is 177 Å². The summed E-state index contributed by atoms with van der Waals surface area (Å²) in [6, 6.07) is 59.5. The van der Waals surface area contributed by atoms with Gasteiger partial charge in [-0.2, -0.15) is 0 Å². The number of hydrogen-bond acceptors (Lipinski definition) is 18. The Morgan fingerprint density at radius 2 is 0.621 bits per heavy atom. The van der Waals surface area contributed by atoms with Crippen LogP contribution in [0.5, 0.6) is 23.0 Å². The fourth-order valence-corrected chi connectivity index (χ4v) is 11.6. The van der Waals surface area contributed by atoms with Crippen LogP contribution in [0, 0.1) is 6.92 Å². The second-order valence-electron chi connectivity index (χ2n) is 26.7. The highest BCUT2D eigenvalue weighted by Crippen LogP contribution is 2.24. The molecule has 34 heteroatoms. The number of esters is 1. The van der Waals surface area contributed by atoms with Gasteiger partial charge in [-0.3, -0.25) is 29.8 Å². The molecule has 644 valence electrons. The minimum absolute atomic E-state index is 0.00478. The number of carbonyl (C=O) groups excluding carboxylic acids is 9. The van der Waals surface area contributed by atoms with E-state index in [2.05, 4.69) is 49.1 Å². The number of carbonyl (C=O) groups is 13. The Morgan fingerprint density at radius 1 is 0.355 bits per heavy atom. The first-order valence-electron chi connectivity index (χ1n) is 37.6. The number of ether oxygens (including phenoxy) is 5. The summed E-state index contributed by atoms with van der Waals surface area (Å²) < 4.78 is 25.6. The third-order valence-corrected chi connectivity index (χ3v) is 18.2. The average Bonchev–Trinajstić information content (AvgIpc) is 0.861. The third-order valence-electron chi connectivity index (χ3n) is 16.9. The highest BCUT2D eigenvalue weighted by Gasteiger charge is 2.28. The highest BCUT2D eigenvalue weighted by atomic mass is 35.5. The van der Waals surface area contributed by atoms with Crippen LogP contribution in [0.3, 0.4) is 0 Å². The zero-order chi connectivity index (χ0) is 90.4. The second kappa shape index (κ2) is 49.2. The maximum atomic E-state index is 12.4. The molecular formula is C90H84Cl4N8O22. The number of halogens is 4. The summed E-state index contributed by atoms with van der Waals surface area (Å²) >= 11 is 24.0. The van der Waals surface area contributed by atoms with Crippen LogP contribution >= 0.6 is 46.4 Å². The van der Waals surface area contributed by atoms with E-state index in [1.165, 1.54) is 66.7 Å². The van der Waals surface area contributed by atoms with Crippen molar-refractivity contribution in [3.05, 3.63) is 331 Å². The maximum Gasteiger partial charge on any atom is 0.417 e. The molecule has 0 radical (unpaired) electrons. The van der Waals surface area contributed by atoms with Gasteiger partial charge in [-0.15, -0.1) is 6.58 Å². The molecule has 0 aliphatic heterocycles. The lowest BCUT2D eigenvalue weighted by molar-refractivity contribution is -0.140. The molecule has 0 bridgehead atoms. The molecule has 0 aliphatic carbocycles. The monoisotopic (exact) mass is 1770 g/mol. The zero-order valence-corrected chi connectivity index (χ0v) is 69.7. The van der Waals surface area contributed by atoms with E-state index in [9.17, 15) is 82.8 Å². The molecule has 4 atom stereocenters. The molecule has 10 aromatic carbocycles. The van der Waals surface area contributed by atoms with Crippen LogP contribution < -0.4 is 61.5 Å². The van der Waals surface area contributed by atoms with Crippen LogP contribution in [0.25, 0.3) is 0 Å². The highest BCUT2D eigenvalue weighted by molar-refractivity contribution is 6.35. The topological polar surface area (TPSA) is 445 Å². The number of anilines is 2. The van der Waals surface area contributed by atoms with Gasteiger partial charge in [0.15, 0.2) is 0 Å². The third kappa shape index (κ3) is 32.9. The molecule has 0 saturated carbocycles. The summed E-state index contributed by atoms with van der Waals surface area (Å²) in [5, 5.41) is 58.9. The number of nitrogens with one attached hydrogen (secondary N) is 8. The summed E-state index contributed by atoms with van der Waals surface area (Å²) in [5.41, 5.74) is 5.77. The van der Waals surface area contributed by atoms with Crippen LogP contribution in [0.15, 0.2) is 255 Å². The molecule has 10 aromatic rings. The van der Waals surface area contributed by atoms with Crippen LogP contribution in [-0.2, 0) is 49.6 Å². The molecule has 0 aromatic heterocycles.